The number of nitrogens with one attached hydrogen (secondary N) is 1. The number of carboxylic acids is 1. The molecule has 0 saturated carbocycles. The van der Waals surface area contributed by atoms with Crippen LogP contribution in [-0.4, -0.2) is 18.1 Å². The van der Waals surface area contributed by atoms with Crippen LogP contribution in [0, 0.1) is 0 Å². The summed E-state index contributed by atoms with van der Waals surface area (Å²) in [5, 5.41) is 12.7. The van der Waals surface area contributed by atoms with Crippen molar-refractivity contribution >= 4 is 17.6 Å². The van der Waals surface area contributed by atoms with Crippen LogP contribution in [-0.2, 0) is 11.4 Å². The summed E-state index contributed by atoms with van der Waals surface area (Å²) in [5.74, 6) is -3.93. The largest absolute Gasteiger partial charge is 0.545 e. The summed E-state index contributed by atoms with van der Waals surface area (Å²) in [6.45, 7) is -0.00219. The van der Waals surface area contributed by atoms with Gasteiger partial charge >= 0.3 is 12.1 Å². The van der Waals surface area contributed by atoms with Crippen molar-refractivity contribution in [2.75, 3.05) is 5.32 Å². The van der Waals surface area contributed by atoms with Crippen molar-refractivity contribution < 1.29 is 32.6 Å². The predicted octanol–water partition coefficient (Wildman–Crippen LogP) is 2.13. The van der Waals surface area contributed by atoms with Gasteiger partial charge in [-0.2, -0.15) is 13.2 Å². The van der Waals surface area contributed by atoms with Crippen LogP contribution in [0.4, 0.5) is 18.9 Å². The van der Waals surface area contributed by atoms with Crippen LogP contribution in [0.2, 0.25) is 0 Å². The van der Waals surface area contributed by atoms with Gasteiger partial charge in [-0.05, 0) is 17.7 Å². The minimum Gasteiger partial charge on any atom is -0.545 e. The molecule has 2 aromatic rings. The lowest BCUT2D eigenvalue weighted by atomic mass is 10.1. The molecule has 126 valence electrons. The monoisotopic (exact) mass is 338 g/mol. The highest BCUT2D eigenvalue weighted by Gasteiger charge is 2.38. The van der Waals surface area contributed by atoms with Crippen LogP contribution >= 0.6 is 0 Å². The highest BCUT2D eigenvalue weighted by atomic mass is 19.4. The summed E-state index contributed by atoms with van der Waals surface area (Å²) in [6, 6.07) is 11.8. The van der Waals surface area contributed by atoms with Crippen LogP contribution < -0.4 is 15.2 Å². The third kappa shape index (κ3) is 4.48. The van der Waals surface area contributed by atoms with E-state index in [4.69, 9.17) is 4.74 Å². The molecule has 0 aliphatic heterocycles. The van der Waals surface area contributed by atoms with E-state index in [9.17, 15) is 27.9 Å². The molecular weight excluding hydrogens is 327 g/mol. The SMILES string of the molecule is O=C([O-])c1ccc(NC(=O)C(F)(F)F)cc1OCc1ccccc1. The third-order valence-electron chi connectivity index (χ3n) is 2.95. The number of carboxylic acid groups (broad SMARTS) is 1. The Kier molecular flexibility index (Phi) is 5.08. The maximum absolute atomic E-state index is 12.3. The van der Waals surface area contributed by atoms with E-state index in [1.807, 2.05) is 0 Å². The van der Waals surface area contributed by atoms with E-state index in [-0.39, 0.29) is 23.6 Å². The van der Waals surface area contributed by atoms with Crippen molar-refractivity contribution in [1.29, 1.82) is 0 Å². The molecule has 0 aliphatic carbocycles. The molecule has 2 aromatic carbocycles. The summed E-state index contributed by atoms with van der Waals surface area (Å²) in [5.41, 5.74) is 0.146. The number of ether oxygens (including phenoxy) is 1. The Bertz CT molecular complexity index is 745. The predicted molar refractivity (Wildman–Crippen MR) is 76.2 cm³/mol. The molecule has 0 spiro atoms. The fraction of sp³-hybridized carbons (Fsp3) is 0.125. The lowest BCUT2D eigenvalue weighted by Gasteiger charge is -2.15. The van der Waals surface area contributed by atoms with Gasteiger partial charge in [0.25, 0.3) is 0 Å². The number of aromatic carboxylic acids is 1. The number of rotatable bonds is 5. The van der Waals surface area contributed by atoms with E-state index in [2.05, 4.69) is 0 Å². The molecule has 0 bridgehead atoms. The number of alkyl halides is 3. The normalized spacial score (nSPS) is 11.0. The first-order chi connectivity index (χ1) is 11.3. The topological polar surface area (TPSA) is 78.5 Å². The first-order valence-electron chi connectivity index (χ1n) is 6.67. The Morgan fingerprint density at radius 2 is 1.75 bits per heavy atom. The first-order valence-corrected chi connectivity index (χ1v) is 6.67. The van der Waals surface area contributed by atoms with Crippen LogP contribution in [0.25, 0.3) is 0 Å². The van der Waals surface area contributed by atoms with E-state index < -0.39 is 18.1 Å². The average Bonchev–Trinajstić information content (AvgIpc) is 2.53. The zero-order chi connectivity index (χ0) is 17.7. The van der Waals surface area contributed by atoms with Crippen LogP contribution in [0.3, 0.4) is 0 Å². The van der Waals surface area contributed by atoms with Gasteiger partial charge in [0.2, 0.25) is 0 Å². The third-order valence-corrected chi connectivity index (χ3v) is 2.95. The summed E-state index contributed by atoms with van der Waals surface area (Å²) < 4.78 is 42.1. The van der Waals surface area contributed by atoms with Crippen molar-refractivity contribution in [1.82, 2.24) is 0 Å². The molecule has 1 amide bonds. The molecule has 0 aromatic heterocycles. The highest BCUT2D eigenvalue weighted by molar-refractivity contribution is 5.96. The minimum absolute atomic E-state index is 0.00219. The number of hydrogen-bond acceptors (Lipinski definition) is 4. The molecule has 2 rings (SSSR count). The molecule has 1 N–H and O–H groups in total. The highest BCUT2D eigenvalue weighted by Crippen LogP contribution is 2.26. The molecule has 0 heterocycles. The quantitative estimate of drug-likeness (QED) is 0.906. The van der Waals surface area contributed by atoms with Crippen LogP contribution in [0.5, 0.6) is 5.75 Å². The Balaban J connectivity index is 2.21. The number of halogens is 3. The van der Waals surface area contributed by atoms with Gasteiger partial charge in [-0.3, -0.25) is 4.79 Å². The summed E-state index contributed by atoms with van der Waals surface area (Å²) in [4.78, 5) is 22.0. The van der Waals surface area contributed by atoms with Crippen molar-refractivity contribution in [3.63, 3.8) is 0 Å². The summed E-state index contributed by atoms with van der Waals surface area (Å²) >= 11 is 0. The molecule has 8 heteroatoms. The van der Waals surface area contributed by atoms with E-state index in [0.717, 1.165) is 23.8 Å². The number of benzene rings is 2. The van der Waals surface area contributed by atoms with Crippen LogP contribution in [0.15, 0.2) is 48.5 Å². The lowest BCUT2D eigenvalue weighted by Crippen LogP contribution is -2.30. The van der Waals surface area contributed by atoms with Gasteiger partial charge in [0.05, 0.1) is 5.97 Å². The zero-order valence-corrected chi connectivity index (χ0v) is 12.1. The Labute approximate surface area is 134 Å². The van der Waals surface area contributed by atoms with Gasteiger partial charge in [0.15, 0.2) is 0 Å². The van der Waals surface area contributed by atoms with E-state index in [0.29, 0.717) is 0 Å². The molecule has 5 nitrogen and oxygen atoms in total. The fourth-order valence-electron chi connectivity index (χ4n) is 1.83. The molecule has 0 radical (unpaired) electrons. The van der Waals surface area contributed by atoms with Gasteiger partial charge in [0, 0.05) is 17.3 Å². The molecule has 0 unspecified atom stereocenters. The zero-order valence-electron chi connectivity index (χ0n) is 12.1. The standard InChI is InChI=1S/C16H12F3NO4/c17-16(18,19)15(23)20-11-6-7-12(14(21)22)13(8-11)24-9-10-4-2-1-3-5-10/h1-8H,9H2,(H,20,23)(H,21,22)/p-1. The molecule has 0 saturated heterocycles. The molecule has 0 aliphatic rings. The van der Waals surface area contributed by atoms with Crippen molar-refractivity contribution in [3.05, 3.63) is 59.7 Å². The van der Waals surface area contributed by atoms with Crippen LogP contribution in [0.1, 0.15) is 15.9 Å². The molecule has 0 fully saturated rings. The molecule has 0 atom stereocenters. The van der Waals surface area contributed by atoms with Gasteiger partial charge in [0.1, 0.15) is 12.4 Å². The number of hydrogen-bond donors (Lipinski definition) is 1. The molecule has 24 heavy (non-hydrogen) atoms. The smallest absolute Gasteiger partial charge is 0.471 e. The Morgan fingerprint density at radius 1 is 1.08 bits per heavy atom. The van der Waals surface area contributed by atoms with Crippen molar-refractivity contribution in [2.24, 2.45) is 0 Å². The summed E-state index contributed by atoms with van der Waals surface area (Å²) in [6.07, 6.45) is -5.06. The van der Waals surface area contributed by atoms with E-state index in [1.54, 1.807) is 35.6 Å². The molecular formula is C16H11F3NO4-. The van der Waals surface area contributed by atoms with Gasteiger partial charge < -0.3 is 20.0 Å². The maximum Gasteiger partial charge on any atom is 0.471 e. The Morgan fingerprint density at radius 3 is 2.33 bits per heavy atom. The second-order valence-corrected chi connectivity index (χ2v) is 4.72. The lowest BCUT2D eigenvalue weighted by molar-refractivity contribution is -0.255. The van der Waals surface area contributed by atoms with E-state index in [1.165, 1.54) is 0 Å². The maximum atomic E-state index is 12.3. The second-order valence-electron chi connectivity index (χ2n) is 4.72. The minimum atomic E-state index is -5.06. The van der Waals surface area contributed by atoms with E-state index >= 15 is 0 Å². The van der Waals surface area contributed by atoms with Gasteiger partial charge in [-0.15, -0.1) is 0 Å². The van der Waals surface area contributed by atoms with Gasteiger partial charge in [-0.25, -0.2) is 0 Å². The van der Waals surface area contributed by atoms with Crippen molar-refractivity contribution in [2.45, 2.75) is 12.8 Å². The average molecular weight is 338 g/mol. The van der Waals surface area contributed by atoms with Gasteiger partial charge in [-0.1, -0.05) is 30.3 Å². The second kappa shape index (κ2) is 7.03. The fourth-order valence-corrected chi connectivity index (χ4v) is 1.83. The number of carbonyl (C=O) groups is 2. The first kappa shape index (κ1) is 17.3. The number of carbonyl (C=O) groups excluding carboxylic acids is 2. The summed E-state index contributed by atoms with van der Waals surface area (Å²) in [7, 11) is 0. The number of anilines is 1. The van der Waals surface area contributed by atoms with Crippen molar-refractivity contribution in [3.8, 4) is 5.75 Å². The number of amides is 1. The Hall–Kier alpha value is -3.03.